The first-order valence-corrected chi connectivity index (χ1v) is 11.0. The van der Waals surface area contributed by atoms with Crippen LogP contribution in [0.1, 0.15) is 12.5 Å². The van der Waals surface area contributed by atoms with Crippen molar-refractivity contribution in [2.75, 3.05) is 0 Å². The van der Waals surface area contributed by atoms with E-state index in [1.165, 1.54) is 16.2 Å². The summed E-state index contributed by atoms with van der Waals surface area (Å²) in [5, 5.41) is 2.32. The zero-order chi connectivity index (χ0) is 20.8. The van der Waals surface area contributed by atoms with Gasteiger partial charge in [-0.2, -0.15) is 21.6 Å². The number of aryl methyl sites for hydroxylation is 1. The Hall–Kier alpha value is -2.58. The lowest BCUT2D eigenvalue weighted by molar-refractivity contribution is -0.0500. The summed E-state index contributed by atoms with van der Waals surface area (Å²) in [5.41, 5.74) is -3.42. The Morgan fingerprint density at radius 2 is 1.55 bits per heavy atom. The lowest BCUT2D eigenvalue weighted by Crippen LogP contribution is -2.28. The molecule has 0 saturated heterocycles. The highest BCUT2D eigenvalue weighted by molar-refractivity contribution is 7.88. The summed E-state index contributed by atoms with van der Waals surface area (Å²) in [6.45, 7) is 1.72. The molecule has 29 heavy (non-hydrogen) atoms. The van der Waals surface area contributed by atoms with E-state index in [1.807, 2.05) is 30.3 Å². The molecule has 4 rings (SSSR count). The monoisotopic (exact) mass is 436 g/mol. The number of hydrogen-bond acceptors (Lipinski definition) is 4. The molecule has 0 aliphatic rings. The molecule has 0 saturated carbocycles. The molecule has 0 atom stereocenters. The smallest absolute Gasteiger partial charge is 0.376 e. The summed E-state index contributed by atoms with van der Waals surface area (Å²) in [7, 11) is -5.70. The fraction of sp³-hybridized carbons (Fsp3) is 0.143. The number of fused-ring (bicyclic) bond motifs is 3. The summed E-state index contributed by atoms with van der Waals surface area (Å²) in [4.78, 5) is 0. The normalized spacial score (nSPS) is 12.6. The third-order valence-electron chi connectivity index (χ3n) is 4.64. The number of thiophene rings is 1. The molecule has 8 heteroatoms. The predicted octanol–water partition coefficient (Wildman–Crippen LogP) is 6.51. The van der Waals surface area contributed by atoms with Crippen molar-refractivity contribution in [3.63, 3.8) is 0 Å². The quantitative estimate of drug-likeness (QED) is 0.270. The van der Waals surface area contributed by atoms with Gasteiger partial charge in [-0.25, -0.2) is 0 Å². The summed E-state index contributed by atoms with van der Waals surface area (Å²) in [5.74, 6) is -0.309. The molecule has 1 aromatic heterocycles. The lowest BCUT2D eigenvalue weighted by Gasteiger charge is -2.13. The number of halogens is 3. The molecule has 3 aromatic carbocycles. The van der Waals surface area contributed by atoms with Gasteiger partial charge in [0.2, 0.25) is 0 Å². The summed E-state index contributed by atoms with van der Waals surface area (Å²) in [6.07, 6.45) is 0.321. The van der Waals surface area contributed by atoms with Crippen LogP contribution in [0.15, 0.2) is 60.7 Å². The zero-order valence-corrected chi connectivity index (χ0v) is 16.8. The molecule has 0 N–H and O–H groups in total. The van der Waals surface area contributed by atoms with Gasteiger partial charge in [0, 0.05) is 20.2 Å². The van der Waals surface area contributed by atoms with Gasteiger partial charge >= 0.3 is 15.6 Å². The Morgan fingerprint density at radius 1 is 0.897 bits per heavy atom. The largest absolute Gasteiger partial charge is 0.534 e. The minimum absolute atomic E-state index is 0.309. The van der Waals surface area contributed by atoms with Crippen molar-refractivity contribution in [2.24, 2.45) is 0 Å². The minimum atomic E-state index is -5.70. The van der Waals surface area contributed by atoms with E-state index < -0.39 is 15.6 Å². The van der Waals surface area contributed by atoms with Gasteiger partial charge in [-0.1, -0.05) is 43.3 Å². The van der Waals surface area contributed by atoms with Crippen molar-refractivity contribution in [3.05, 3.63) is 66.2 Å². The zero-order valence-electron chi connectivity index (χ0n) is 15.2. The van der Waals surface area contributed by atoms with Crippen molar-refractivity contribution in [3.8, 4) is 16.9 Å². The van der Waals surface area contributed by atoms with E-state index >= 15 is 0 Å². The van der Waals surface area contributed by atoms with Crippen molar-refractivity contribution in [2.45, 2.75) is 18.9 Å². The van der Waals surface area contributed by atoms with Crippen LogP contribution in [0.5, 0.6) is 5.75 Å². The van der Waals surface area contributed by atoms with Gasteiger partial charge in [-0.15, -0.1) is 11.3 Å². The molecule has 1 heterocycles. The molecular formula is C21H15F3O3S2. The van der Waals surface area contributed by atoms with Crippen LogP contribution in [0.4, 0.5) is 13.2 Å². The maximum absolute atomic E-state index is 12.6. The molecule has 0 unspecified atom stereocenters. The maximum Gasteiger partial charge on any atom is 0.534 e. The molecule has 0 spiro atoms. The molecule has 4 aromatic rings. The molecule has 0 radical (unpaired) electrons. The molecule has 0 fully saturated rings. The Kier molecular flexibility index (Phi) is 4.78. The topological polar surface area (TPSA) is 43.4 Å². The van der Waals surface area contributed by atoms with Crippen LogP contribution in [0, 0.1) is 0 Å². The van der Waals surface area contributed by atoms with Gasteiger partial charge in [-0.05, 0) is 47.4 Å². The fourth-order valence-corrected chi connectivity index (χ4v) is 4.83. The van der Waals surface area contributed by atoms with Crippen molar-refractivity contribution < 1.29 is 25.8 Å². The molecule has 150 valence electrons. The first-order chi connectivity index (χ1) is 13.7. The van der Waals surface area contributed by atoms with Crippen LogP contribution in [0.3, 0.4) is 0 Å². The van der Waals surface area contributed by atoms with E-state index in [2.05, 4.69) is 16.3 Å². The fourth-order valence-electron chi connectivity index (χ4n) is 3.19. The van der Waals surface area contributed by atoms with Gasteiger partial charge < -0.3 is 4.18 Å². The van der Waals surface area contributed by atoms with E-state index in [4.69, 9.17) is 0 Å². The minimum Gasteiger partial charge on any atom is -0.376 e. The Balaban J connectivity index is 1.75. The van der Waals surface area contributed by atoms with Gasteiger partial charge in [0.25, 0.3) is 0 Å². The van der Waals surface area contributed by atoms with Gasteiger partial charge in [-0.3, -0.25) is 0 Å². The van der Waals surface area contributed by atoms with Gasteiger partial charge in [0.1, 0.15) is 5.75 Å². The molecule has 0 bridgehead atoms. The first-order valence-electron chi connectivity index (χ1n) is 8.75. The Labute approximate surface area is 169 Å². The molecule has 3 nitrogen and oxygen atoms in total. The Morgan fingerprint density at radius 3 is 2.28 bits per heavy atom. The van der Waals surface area contributed by atoms with E-state index in [0.29, 0.717) is 12.0 Å². The third kappa shape index (κ3) is 3.58. The number of benzene rings is 3. The molecular weight excluding hydrogens is 421 g/mol. The third-order valence-corrected chi connectivity index (χ3v) is 6.74. The average Bonchev–Trinajstić information content (AvgIpc) is 3.05. The molecule has 0 aliphatic heterocycles. The van der Waals surface area contributed by atoms with Crippen LogP contribution >= 0.6 is 11.3 Å². The van der Waals surface area contributed by atoms with Crippen molar-refractivity contribution in [1.82, 2.24) is 0 Å². The van der Waals surface area contributed by atoms with Crippen LogP contribution in [0.25, 0.3) is 31.3 Å². The first kappa shape index (κ1) is 19.7. The van der Waals surface area contributed by atoms with E-state index in [1.54, 1.807) is 30.4 Å². The van der Waals surface area contributed by atoms with Gasteiger partial charge in [0.05, 0.1) is 0 Å². The number of hydrogen-bond donors (Lipinski definition) is 0. The maximum atomic E-state index is 12.6. The summed E-state index contributed by atoms with van der Waals surface area (Å²) < 4.78 is 67.1. The van der Waals surface area contributed by atoms with Crippen molar-refractivity contribution in [1.29, 1.82) is 0 Å². The van der Waals surface area contributed by atoms with Crippen LogP contribution in [-0.2, 0) is 16.5 Å². The highest BCUT2D eigenvalue weighted by Crippen LogP contribution is 2.37. The second-order valence-corrected chi connectivity index (χ2v) is 9.09. The molecule has 0 aliphatic carbocycles. The standard InChI is InChI=1S/C21H15F3O3S2/c1-2-13-11-14(8-10-18(13)27-29(25,26)21(22,23)24)15-7-9-17-16-5-3-4-6-19(16)28-20(17)12-15/h3-12H,2H2,1H3. The summed E-state index contributed by atoms with van der Waals surface area (Å²) in [6, 6.07) is 18.6. The number of alkyl halides is 3. The van der Waals surface area contributed by atoms with E-state index in [-0.39, 0.29) is 5.75 Å². The lowest BCUT2D eigenvalue weighted by atomic mass is 10.00. The van der Waals surface area contributed by atoms with Crippen molar-refractivity contribution >= 4 is 41.6 Å². The Bertz CT molecular complexity index is 1320. The molecule has 0 amide bonds. The van der Waals surface area contributed by atoms with Crippen LogP contribution < -0.4 is 4.18 Å². The average molecular weight is 436 g/mol. The van der Waals surface area contributed by atoms with Gasteiger partial charge in [0.15, 0.2) is 0 Å². The highest BCUT2D eigenvalue weighted by Gasteiger charge is 2.48. The van der Waals surface area contributed by atoms with E-state index in [0.717, 1.165) is 21.2 Å². The SMILES string of the molecule is CCc1cc(-c2ccc3c(c2)sc2ccccc23)ccc1OS(=O)(=O)C(F)(F)F. The highest BCUT2D eigenvalue weighted by atomic mass is 32.2. The second kappa shape index (κ2) is 7.03. The van der Waals surface area contributed by atoms with Crippen LogP contribution in [0.2, 0.25) is 0 Å². The summed E-state index contributed by atoms with van der Waals surface area (Å²) >= 11 is 1.67. The predicted molar refractivity (Wildman–Crippen MR) is 110 cm³/mol. The number of rotatable bonds is 4. The van der Waals surface area contributed by atoms with E-state index in [9.17, 15) is 21.6 Å². The van der Waals surface area contributed by atoms with Crippen LogP contribution in [-0.4, -0.2) is 13.9 Å². The second-order valence-electron chi connectivity index (χ2n) is 6.47.